The Morgan fingerprint density at radius 1 is 1.26 bits per heavy atom. The van der Waals surface area contributed by atoms with Crippen molar-refractivity contribution in [2.75, 3.05) is 25.5 Å². The van der Waals surface area contributed by atoms with E-state index in [-0.39, 0.29) is 17.7 Å². The van der Waals surface area contributed by atoms with Crippen LogP contribution in [0.25, 0.3) is 0 Å². The number of likely N-dealkylation sites (tertiary alicyclic amines) is 1. The SMILES string of the molecule is CNC1CCN(C(=O)c2cc(NC(=O)C(C)C)ccc2Cl)CC1. The maximum atomic E-state index is 12.7. The third-order valence-corrected chi connectivity index (χ3v) is 4.51. The molecule has 0 radical (unpaired) electrons. The Hall–Kier alpha value is -1.59. The van der Waals surface area contributed by atoms with E-state index in [9.17, 15) is 9.59 Å². The Labute approximate surface area is 142 Å². The zero-order chi connectivity index (χ0) is 17.0. The molecule has 6 heteroatoms. The molecule has 1 aromatic carbocycles. The Morgan fingerprint density at radius 2 is 1.91 bits per heavy atom. The van der Waals surface area contributed by atoms with Crippen molar-refractivity contribution >= 4 is 29.1 Å². The molecule has 0 aliphatic carbocycles. The molecule has 1 aromatic rings. The van der Waals surface area contributed by atoms with E-state index in [0.29, 0.717) is 35.4 Å². The lowest BCUT2D eigenvalue weighted by molar-refractivity contribution is -0.118. The second-order valence-electron chi connectivity index (χ2n) is 6.19. The Balaban J connectivity index is 2.12. The van der Waals surface area contributed by atoms with Gasteiger partial charge in [-0.3, -0.25) is 9.59 Å². The summed E-state index contributed by atoms with van der Waals surface area (Å²) in [5, 5.41) is 6.46. The number of hydrogen-bond donors (Lipinski definition) is 2. The molecule has 5 nitrogen and oxygen atoms in total. The summed E-state index contributed by atoms with van der Waals surface area (Å²) < 4.78 is 0. The normalized spacial score (nSPS) is 15.8. The summed E-state index contributed by atoms with van der Waals surface area (Å²) in [6, 6.07) is 5.50. The molecule has 1 fully saturated rings. The predicted octanol–water partition coefficient (Wildman–Crippen LogP) is 2.76. The number of carbonyl (C=O) groups is 2. The average Bonchev–Trinajstić information content (AvgIpc) is 2.56. The van der Waals surface area contributed by atoms with Crippen molar-refractivity contribution in [2.24, 2.45) is 5.92 Å². The zero-order valence-electron chi connectivity index (χ0n) is 13.9. The summed E-state index contributed by atoms with van der Waals surface area (Å²) >= 11 is 6.19. The van der Waals surface area contributed by atoms with E-state index in [0.717, 1.165) is 12.8 Å². The summed E-state index contributed by atoms with van der Waals surface area (Å²) in [7, 11) is 1.94. The van der Waals surface area contributed by atoms with Crippen molar-refractivity contribution in [1.29, 1.82) is 0 Å². The lowest BCUT2D eigenvalue weighted by Gasteiger charge is -2.32. The molecule has 0 bridgehead atoms. The molecule has 0 atom stereocenters. The predicted molar refractivity (Wildman–Crippen MR) is 92.9 cm³/mol. The molecular formula is C17H24ClN3O2. The monoisotopic (exact) mass is 337 g/mol. The van der Waals surface area contributed by atoms with Crippen LogP contribution in [0.5, 0.6) is 0 Å². The molecule has 1 heterocycles. The van der Waals surface area contributed by atoms with Gasteiger partial charge in [-0.15, -0.1) is 0 Å². The first-order valence-corrected chi connectivity index (χ1v) is 8.37. The van der Waals surface area contributed by atoms with Crippen molar-refractivity contribution in [3.63, 3.8) is 0 Å². The molecule has 1 saturated heterocycles. The van der Waals surface area contributed by atoms with Crippen LogP contribution < -0.4 is 10.6 Å². The van der Waals surface area contributed by atoms with Crippen LogP contribution in [0.4, 0.5) is 5.69 Å². The molecule has 0 saturated carbocycles. The van der Waals surface area contributed by atoms with Gasteiger partial charge in [0.15, 0.2) is 0 Å². The van der Waals surface area contributed by atoms with Gasteiger partial charge in [0.05, 0.1) is 10.6 Å². The maximum Gasteiger partial charge on any atom is 0.255 e. The highest BCUT2D eigenvalue weighted by Gasteiger charge is 2.24. The Kier molecular flexibility index (Phi) is 6.02. The quantitative estimate of drug-likeness (QED) is 0.888. The number of carbonyl (C=O) groups excluding carboxylic acids is 2. The minimum absolute atomic E-state index is 0.0785. The number of hydrogen-bond acceptors (Lipinski definition) is 3. The van der Waals surface area contributed by atoms with Gasteiger partial charge in [0.1, 0.15) is 0 Å². The topological polar surface area (TPSA) is 61.4 Å². The Morgan fingerprint density at radius 3 is 2.48 bits per heavy atom. The first kappa shape index (κ1) is 17.8. The van der Waals surface area contributed by atoms with Crippen molar-refractivity contribution in [3.05, 3.63) is 28.8 Å². The molecule has 0 unspecified atom stereocenters. The number of anilines is 1. The molecular weight excluding hydrogens is 314 g/mol. The van der Waals surface area contributed by atoms with E-state index in [4.69, 9.17) is 11.6 Å². The number of piperidine rings is 1. The molecule has 2 rings (SSSR count). The van der Waals surface area contributed by atoms with E-state index in [1.807, 2.05) is 25.8 Å². The van der Waals surface area contributed by atoms with Crippen LogP contribution >= 0.6 is 11.6 Å². The smallest absolute Gasteiger partial charge is 0.255 e. The molecule has 1 aliphatic rings. The van der Waals surface area contributed by atoms with Crippen LogP contribution in [-0.2, 0) is 4.79 Å². The van der Waals surface area contributed by atoms with Gasteiger partial charge in [0, 0.05) is 30.7 Å². The van der Waals surface area contributed by atoms with Crippen molar-refractivity contribution in [2.45, 2.75) is 32.7 Å². The molecule has 23 heavy (non-hydrogen) atoms. The van der Waals surface area contributed by atoms with Crippen molar-refractivity contribution in [1.82, 2.24) is 10.2 Å². The summed E-state index contributed by atoms with van der Waals surface area (Å²) in [4.78, 5) is 26.3. The fraction of sp³-hybridized carbons (Fsp3) is 0.529. The van der Waals surface area contributed by atoms with Gasteiger partial charge in [0.25, 0.3) is 5.91 Å². The molecule has 126 valence electrons. The van der Waals surface area contributed by atoms with E-state index >= 15 is 0 Å². The number of nitrogens with one attached hydrogen (secondary N) is 2. The molecule has 1 aliphatic heterocycles. The van der Waals surface area contributed by atoms with Gasteiger partial charge in [-0.05, 0) is 38.1 Å². The Bertz CT molecular complexity index is 581. The van der Waals surface area contributed by atoms with E-state index in [1.54, 1.807) is 18.2 Å². The van der Waals surface area contributed by atoms with Crippen LogP contribution in [0.2, 0.25) is 5.02 Å². The largest absolute Gasteiger partial charge is 0.338 e. The van der Waals surface area contributed by atoms with Gasteiger partial charge in [-0.1, -0.05) is 25.4 Å². The van der Waals surface area contributed by atoms with Crippen LogP contribution in [0.15, 0.2) is 18.2 Å². The van der Waals surface area contributed by atoms with Gasteiger partial charge in [0.2, 0.25) is 5.91 Å². The standard InChI is InChI=1S/C17H24ClN3O2/c1-11(2)16(22)20-13-4-5-15(18)14(10-13)17(23)21-8-6-12(19-3)7-9-21/h4-5,10-12,19H,6-9H2,1-3H3,(H,20,22). The van der Waals surface area contributed by atoms with Gasteiger partial charge in [-0.25, -0.2) is 0 Å². The maximum absolute atomic E-state index is 12.7. The zero-order valence-corrected chi connectivity index (χ0v) is 14.6. The second-order valence-corrected chi connectivity index (χ2v) is 6.60. The summed E-state index contributed by atoms with van der Waals surface area (Å²) in [6.45, 7) is 5.07. The van der Waals surface area contributed by atoms with Crippen LogP contribution in [0.3, 0.4) is 0 Å². The first-order chi connectivity index (χ1) is 10.9. The number of halogens is 1. The van der Waals surface area contributed by atoms with Crippen LogP contribution in [0, 0.1) is 5.92 Å². The fourth-order valence-corrected chi connectivity index (χ4v) is 2.79. The minimum atomic E-state index is -0.120. The van der Waals surface area contributed by atoms with Crippen LogP contribution in [0.1, 0.15) is 37.0 Å². The van der Waals surface area contributed by atoms with Crippen LogP contribution in [-0.4, -0.2) is 42.9 Å². The minimum Gasteiger partial charge on any atom is -0.338 e. The number of benzene rings is 1. The van der Waals surface area contributed by atoms with Gasteiger partial charge < -0.3 is 15.5 Å². The highest BCUT2D eigenvalue weighted by atomic mass is 35.5. The number of amides is 2. The number of rotatable bonds is 4. The fourth-order valence-electron chi connectivity index (χ4n) is 2.60. The summed E-state index contributed by atoms with van der Waals surface area (Å²) in [5.74, 6) is -0.281. The molecule has 0 aromatic heterocycles. The lowest BCUT2D eigenvalue weighted by Crippen LogP contribution is -2.44. The van der Waals surface area contributed by atoms with Crippen molar-refractivity contribution < 1.29 is 9.59 Å². The number of nitrogens with zero attached hydrogens (tertiary/aromatic N) is 1. The van der Waals surface area contributed by atoms with E-state index < -0.39 is 0 Å². The van der Waals surface area contributed by atoms with E-state index in [2.05, 4.69) is 10.6 Å². The second kappa shape index (κ2) is 7.79. The van der Waals surface area contributed by atoms with Gasteiger partial charge >= 0.3 is 0 Å². The molecule has 2 N–H and O–H groups in total. The highest BCUT2D eigenvalue weighted by Crippen LogP contribution is 2.24. The molecule has 2 amide bonds. The van der Waals surface area contributed by atoms with Gasteiger partial charge in [-0.2, -0.15) is 0 Å². The summed E-state index contributed by atoms with van der Waals surface area (Å²) in [5.41, 5.74) is 1.04. The average molecular weight is 338 g/mol. The van der Waals surface area contributed by atoms with Crippen molar-refractivity contribution in [3.8, 4) is 0 Å². The third kappa shape index (κ3) is 4.45. The summed E-state index contributed by atoms with van der Waals surface area (Å²) in [6.07, 6.45) is 1.87. The molecule has 0 spiro atoms. The lowest BCUT2D eigenvalue weighted by atomic mass is 10.0. The third-order valence-electron chi connectivity index (χ3n) is 4.18. The van der Waals surface area contributed by atoms with E-state index in [1.165, 1.54) is 0 Å². The highest BCUT2D eigenvalue weighted by molar-refractivity contribution is 6.34. The first-order valence-electron chi connectivity index (χ1n) is 7.99.